The van der Waals surface area contributed by atoms with Gasteiger partial charge in [0.2, 0.25) is 0 Å². The van der Waals surface area contributed by atoms with Crippen molar-refractivity contribution in [2.45, 2.75) is 6.92 Å². The first-order valence-electron chi connectivity index (χ1n) is 4.69. The lowest BCUT2D eigenvalue weighted by molar-refractivity contribution is 1.09. The predicted octanol–water partition coefficient (Wildman–Crippen LogP) is 2.99. The molecule has 0 aliphatic carbocycles. The molecule has 0 radical (unpaired) electrons. The fourth-order valence-corrected chi connectivity index (χ4v) is 2.31. The highest BCUT2D eigenvalue weighted by Gasteiger charge is 2.08. The second-order valence-electron chi connectivity index (χ2n) is 3.37. The summed E-state index contributed by atoms with van der Waals surface area (Å²) < 4.78 is 0. The maximum atomic E-state index is 4.49. The van der Waals surface area contributed by atoms with E-state index in [1.165, 1.54) is 0 Å². The van der Waals surface area contributed by atoms with Crippen LogP contribution in [0.4, 0.5) is 0 Å². The number of hydrogen-bond donors (Lipinski definition) is 1. The van der Waals surface area contributed by atoms with Crippen LogP contribution in [0.3, 0.4) is 0 Å². The molecule has 0 aliphatic rings. The molecule has 0 saturated heterocycles. The zero-order valence-corrected chi connectivity index (χ0v) is 9.01. The van der Waals surface area contributed by atoms with Gasteiger partial charge >= 0.3 is 0 Å². The van der Waals surface area contributed by atoms with Gasteiger partial charge in [0.1, 0.15) is 11.5 Å². The first-order chi connectivity index (χ1) is 7.34. The molecule has 3 aromatic rings. The molecular weight excluding hydrogens is 206 g/mol. The molecular formula is C11H9N3S. The summed E-state index contributed by atoms with van der Waals surface area (Å²) in [6, 6.07) is 4.10. The van der Waals surface area contributed by atoms with Gasteiger partial charge in [-0.1, -0.05) is 0 Å². The van der Waals surface area contributed by atoms with Crippen molar-refractivity contribution >= 4 is 22.4 Å². The molecule has 0 aliphatic heterocycles. The van der Waals surface area contributed by atoms with Gasteiger partial charge in [-0.3, -0.25) is 0 Å². The van der Waals surface area contributed by atoms with Gasteiger partial charge in [0.05, 0.1) is 5.69 Å². The van der Waals surface area contributed by atoms with Crippen LogP contribution in [0.1, 0.15) is 5.82 Å². The van der Waals surface area contributed by atoms with Crippen LogP contribution >= 0.6 is 11.3 Å². The molecule has 3 rings (SSSR count). The summed E-state index contributed by atoms with van der Waals surface area (Å²) in [6.45, 7) is 1.91. The lowest BCUT2D eigenvalue weighted by Crippen LogP contribution is -1.91. The molecule has 0 amide bonds. The molecule has 3 aromatic heterocycles. The van der Waals surface area contributed by atoms with Crippen molar-refractivity contribution < 1.29 is 0 Å². The number of nitrogens with zero attached hydrogens (tertiary/aromatic N) is 2. The third kappa shape index (κ3) is 1.34. The van der Waals surface area contributed by atoms with Crippen molar-refractivity contribution in [1.29, 1.82) is 0 Å². The Labute approximate surface area is 90.8 Å². The molecule has 0 bridgehead atoms. The van der Waals surface area contributed by atoms with E-state index in [4.69, 9.17) is 0 Å². The van der Waals surface area contributed by atoms with Crippen LogP contribution in [-0.2, 0) is 0 Å². The molecule has 1 N–H and O–H groups in total. The molecule has 0 spiro atoms. The standard InChI is InChI=1S/C11H9N3S/c1-7-13-10(8-3-5-15-6-8)9-2-4-12-11(9)14-7/h2-6H,1H3,(H,12,13,14). The molecule has 4 heteroatoms. The van der Waals surface area contributed by atoms with E-state index < -0.39 is 0 Å². The van der Waals surface area contributed by atoms with E-state index in [-0.39, 0.29) is 0 Å². The first-order valence-corrected chi connectivity index (χ1v) is 5.63. The van der Waals surface area contributed by atoms with Crippen molar-refractivity contribution in [2.24, 2.45) is 0 Å². The lowest BCUT2D eigenvalue weighted by atomic mass is 10.2. The van der Waals surface area contributed by atoms with Crippen molar-refractivity contribution in [3.63, 3.8) is 0 Å². The fraction of sp³-hybridized carbons (Fsp3) is 0.0909. The number of thiophene rings is 1. The summed E-state index contributed by atoms with van der Waals surface area (Å²) in [5.74, 6) is 0.797. The quantitative estimate of drug-likeness (QED) is 0.678. The number of aryl methyl sites for hydroxylation is 1. The molecule has 0 aromatic carbocycles. The normalized spacial score (nSPS) is 11.0. The van der Waals surface area contributed by atoms with Crippen LogP contribution in [0.15, 0.2) is 29.1 Å². The van der Waals surface area contributed by atoms with Gasteiger partial charge in [0, 0.05) is 22.5 Å². The third-order valence-electron chi connectivity index (χ3n) is 2.32. The van der Waals surface area contributed by atoms with Gasteiger partial charge in [-0.2, -0.15) is 11.3 Å². The number of rotatable bonds is 1. The Morgan fingerprint density at radius 1 is 1.27 bits per heavy atom. The highest BCUT2D eigenvalue weighted by Crippen LogP contribution is 2.26. The fourth-order valence-electron chi connectivity index (χ4n) is 1.67. The number of aromatic nitrogens is 3. The van der Waals surface area contributed by atoms with Gasteiger partial charge in [-0.05, 0) is 24.4 Å². The Balaban J connectivity index is 2.38. The zero-order valence-electron chi connectivity index (χ0n) is 8.19. The highest BCUT2D eigenvalue weighted by molar-refractivity contribution is 7.08. The van der Waals surface area contributed by atoms with Crippen molar-refractivity contribution in [3.8, 4) is 11.3 Å². The molecule has 3 nitrogen and oxygen atoms in total. The van der Waals surface area contributed by atoms with E-state index in [2.05, 4.69) is 31.8 Å². The molecule has 0 unspecified atom stereocenters. The first kappa shape index (κ1) is 8.61. The van der Waals surface area contributed by atoms with Crippen molar-refractivity contribution in [1.82, 2.24) is 15.0 Å². The molecule has 0 saturated carbocycles. The number of hydrogen-bond acceptors (Lipinski definition) is 3. The number of nitrogens with one attached hydrogen (secondary N) is 1. The highest BCUT2D eigenvalue weighted by atomic mass is 32.1. The van der Waals surface area contributed by atoms with Gasteiger partial charge in [-0.25, -0.2) is 9.97 Å². The topological polar surface area (TPSA) is 41.6 Å². The van der Waals surface area contributed by atoms with Gasteiger partial charge < -0.3 is 4.98 Å². The van der Waals surface area contributed by atoms with Gasteiger partial charge in [0.15, 0.2) is 0 Å². The van der Waals surface area contributed by atoms with Gasteiger partial charge in [0.25, 0.3) is 0 Å². The summed E-state index contributed by atoms with van der Waals surface area (Å²) in [6.07, 6.45) is 1.90. The SMILES string of the molecule is Cc1nc(-c2ccsc2)c2cc[nH]c2n1. The Hall–Kier alpha value is -1.68. The van der Waals surface area contributed by atoms with E-state index in [1.54, 1.807) is 11.3 Å². The number of aromatic amines is 1. The average Bonchev–Trinajstić information content (AvgIpc) is 2.86. The minimum Gasteiger partial charge on any atom is -0.346 e. The van der Waals surface area contributed by atoms with Crippen LogP contribution in [-0.4, -0.2) is 15.0 Å². The van der Waals surface area contributed by atoms with Crippen LogP contribution in [0.5, 0.6) is 0 Å². The van der Waals surface area contributed by atoms with E-state index in [1.807, 2.05) is 19.2 Å². The molecule has 74 valence electrons. The summed E-state index contributed by atoms with van der Waals surface area (Å²) in [4.78, 5) is 11.9. The molecule has 0 atom stereocenters. The number of fused-ring (bicyclic) bond motifs is 1. The summed E-state index contributed by atoms with van der Waals surface area (Å²) >= 11 is 1.68. The Kier molecular flexibility index (Phi) is 1.82. The predicted molar refractivity (Wildman–Crippen MR) is 61.9 cm³/mol. The average molecular weight is 215 g/mol. The van der Waals surface area contributed by atoms with E-state index in [0.29, 0.717) is 0 Å². The smallest absolute Gasteiger partial charge is 0.141 e. The monoisotopic (exact) mass is 215 g/mol. The largest absolute Gasteiger partial charge is 0.346 e. The third-order valence-corrected chi connectivity index (χ3v) is 3.01. The Morgan fingerprint density at radius 2 is 2.20 bits per heavy atom. The van der Waals surface area contributed by atoms with Crippen molar-refractivity contribution in [3.05, 3.63) is 34.9 Å². The van der Waals surface area contributed by atoms with Crippen LogP contribution in [0.25, 0.3) is 22.3 Å². The minimum atomic E-state index is 0.797. The molecule has 3 heterocycles. The van der Waals surface area contributed by atoms with Crippen LogP contribution < -0.4 is 0 Å². The van der Waals surface area contributed by atoms with Crippen LogP contribution in [0, 0.1) is 6.92 Å². The van der Waals surface area contributed by atoms with Crippen LogP contribution in [0.2, 0.25) is 0 Å². The minimum absolute atomic E-state index is 0.797. The Bertz CT molecular complexity index is 595. The maximum absolute atomic E-state index is 4.49. The maximum Gasteiger partial charge on any atom is 0.141 e. The molecule has 0 fully saturated rings. The number of H-pyrrole nitrogens is 1. The van der Waals surface area contributed by atoms with Gasteiger partial charge in [-0.15, -0.1) is 0 Å². The lowest BCUT2D eigenvalue weighted by Gasteiger charge is -2.00. The van der Waals surface area contributed by atoms with E-state index >= 15 is 0 Å². The van der Waals surface area contributed by atoms with Crippen molar-refractivity contribution in [2.75, 3.05) is 0 Å². The summed E-state index contributed by atoms with van der Waals surface area (Å²) in [7, 11) is 0. The zero-order chi connectivity index (χ0) is 10.3. The summed E-state index contributed by atoms with van der Waals surface area (Å²) in [5, 5.41) is 5.25. The van der Waals surface area contributed by atoms with E-state index in [0.717, 1.165) is 28.1 Å². The second kappa shape index (κ2) is 3.17. The Morgan fingerprint density at radius 3 is 3.00 bits per heavy atom. The molecule has 15 heavy (non-hydrogen) atoms. The second-order valence-corrected chi connectivity index (χ2v) is 4.15. The summed E-state index contributed by atoms with van der Waals surface area (Å²) in [5.41, 5.74) is 3.08. The van der Waals surface area contributed by atoms with E-state index in [9.17, 15) is 0 Å².